The third-order valence-electron chi connectivity index (χ3n) is 4.44. The Bertz CT molecular complexity index is 1210. The van der Waals surface area contributed by atoms with E-state index in [4.69, 9.17) is 9.15 Å². The van der Waals surface area contributed by atoms with Gasteiger partial charge >= 0.3 is 5.63 Å². The van der Waals surface area contributed by atoms with Crippen LogP contribution in [0.4, 0.5) is 5.69 Å². The number of nitrogens with one attached hydrogen (secondary N) is 1. The molecule has 0 unspecified atom stereocenters. The van der Waals surface area contributed by atoms with Gasteiger partial charge < -0.3 is 14.5 Å². The van der Waals surface area contributed by atoms with Gasteiger partial charge in [0.1, 0.15) is 11.3 Å². The third kappa shape index (κ3) is 3.38. The highest BCUT2D eigenvalue weighted by atomic mass is 16.5. The molecule has 28 heavy (non-hydrogen) atoms. The third-order valence-corrected chi connectivity index (χ3v) is 4.44. The lowest BCUT2D eigenvalue weighted by Gasteiger charge is -2.12. The number of fused-ring (bicyclic) bond motifs is 1. The summed E-state index contributed by atoms with van der Waals surface area (Å²) in [6.07, 6.45) is 0. The number of anilines is 1. The Labute approximate surface area is 161 Å². The van der Waals surface area contributed by atoms with Crippen LogP contribution >= 0.6 is 0 Å². The van der Waals surface area contributed by atoms with Crippen LogP contribution in [0.25, 0.3) is 22.1 Å². The molecular weight excluding hydrogens is 354 g/mol. The lowest BCUT2D eigenvalue weighted by molar-refractivity contribution is 0.102. The second-order valence-corrected chi connectivity index (χ2v) is 6.22. The first-order valence-corrected chi connectivity index (χ1v) is 8.73. The Morgan fingerprint density at radius 3 is 2.46 bits per heavy atom. The van der Waals surface area contributed by atoms with Crippen molar-refractivity contribution in [3.05, 3.63) is 94.8 Å². The van der Waals surface area contributed by atoms with E-state index in [1.165, 1.54) is 7.11 Å². The monoisotopic (exact) mass is 371 g/mol. The van der Waals surface area contributed by atoms with Crippen LogP contribution in [0.3, 0.4) is 0 Å². The number of hydrogen-bond donors (Lipinski definition) is 1. The van der Waals surface area contributed by atoms with Crippen molar-refractivity contribution < 1.29 is 13.9 Å². The maximum Gasteiger partial charge on any atom is 0.344 e. The highest BCUT2D eigenvalue weighted by Gasteiger charge is 2.14. The van der Waals surface area contributed by atoms with Gasteiger partial charge in [-0.25, -0.2) is 4.79 Å². The van der Waals surface area contributed by atoms with Crippen LogP contribution < -0.4 is 15.7 Å². The number of benzene rings is 3. The summed E-state index contributed by atoms with van der Waals surface area (Å²) in [4.78, 5) is 25.0. The Balaban J connectivity index is 1.76. The zero-order valence-electron chi connectivity index (χ0n) is 15.1. The van der Waals surface area contributed by atoms with Gasteiger partial charge in [0.05, 0.1) is 18.4 Å². The minimum absolute atomic E-state index is 0.262. The normalized spacial score (nSPS) is 10.6. The molecule has 5 nitrogen and oxygen atoms in total. The molecule has 0 aliphatic rings. The standard InChI is InChI=1S/C23H17NO4/c1-27-21-12-11-16(14-19(21)24-22(25)15-7-3-2-4-8-15)18-13-17-9-5-6-10-20(17)28-23(18)26/h2-14H,1H3,(H,24,25). The highest BCUT2D eigenvalue weighted by molar-refractivity contribution is 6.05. The molecule has 0 fully saturated rings. The summed E-state index contributed by atoms with van der Waals surface area (Å²) in [5.74, 6) is 0.236. The summed E-state index contributed by atoms with van der Waals surface area (Å²) >= 11 is 0. The molecule has 0 aliphatic heterocycles. The largest absolute Gasteiger partial charge is 0.495 e. The predicted octanol–water partition coefficient (Wildman–Crippen LogP) is 4.72. The zero-order valence-corrected chi connectivity index (χ0v) is 15.1. The Hall–Kier alpha value is -3.86. The topological polar surface area (TPSA) is 68.5 Å². The fourth-order valence-electron chi connectivity index (χ4n) is 3.02. The van der Waals surface area contributed by atoms with Crippen molar-refractivity contribution in [2.45, 2.75) is 0 Å². The fraction of sp³-hybridized carbons (Fsp3) is 0.0435. The van der Waals surface area contributed by atoms with Crippen LogP contribution in [-0.2, 0) is 0 Å². The quantitative estimate of drug-likeness (QED) is 0.527. The summed E-state index contributed by atoms with van der Waals surface area (Å²) in [6, 6.07) is 23.2. The number of carbonyl (C=O) groups excluding carboxylic acids is 1. The van der Waals surface area contributed by atoms with Gasteiger partial charge in [-0.05, 0) is 42.0 Å². The van der Waals surface area contributed by atoms with Gasteiger partial charge in [-0.3, -0.25) is 4.79 Å². The molecule has 1 N–H and O–H groups in total. The molecule has 0 radical (unpaired) electrons. The minimum Gasteiger partial charge on any atom is -0.495 e. The van der Waals surface area contributed by atoms with E-state index in [2.05, 4.69) is 5.32 Å². The molecule has 5 heteroatoms. The van der Waals surface area contributed by atoms with E-state index < -0.39 is 5.63 Å². The van der Waals surface area contributed by atoms with Gasteiger partial charge in [0.15, 0.2) is 0 Å². The predicted molar refractivity (Wildman–Crippen MR) is 109 cm³/mol. The molecule has 0 atom stereocenters. The van der Waals surface area contributed by atoms with Crippen molar-refractivity contribution in [2.24, 2.45) is 0 Å². The smallest absolute Gasteiger partial charge is 0.344 e. The lowest BCUT2D eigenvalue weighted by Crippen LogP contribution is -2.12. The fourth-order valence-corrected chi connectivity index (χ4v) is 3.02. The van der Waals surface area contributed by atoms with Gasteiger partial charge in [-0.2, -0.15) is 0 Å². The van der Waals surface area contributed by atoms with Crippen molar-refractivity contribution in [2.75, 3.05) is 12.4 Å². The first kappa shape index (κ1) is 17.5. The molecule has 0 saturated heterocycles. The number of ether oxygens (including phenoxy) is 1. The van der Waals surface area contributed by atoms with Crippen LogP contribution in [-0.4, -0.2) is 13.0 Å². The lowest BCUT2D eigenvalue weighted by atomic mass is 10.0. The van der Waals surface area contributed by atoms with E-state index in [-0.39, 0.29) is 5.91 Å². The number of amides is 1. The number of hydrogen-bond acceptors (Lipinski definition) is 4. The molecule has 0 aliphatic carbocycles. The Morgan fingerprint density at radius 1 is 0.929 bits per heavy atom. The number of rotatable bonds is 4. The molecular formula is C23H17NO4. The zero-order chi connectivity index (χ0) is 19.5. The van der Waals surface area contributed by atoms with E-state index in [1.54, 1.807) is 54.6 Å². The SMILES string of the molecule is COc1ccc(-c2cc3ccccc3oc2=O)cc1NC(=O)c1ccccc1. The van der Waals surface area contributed by atoms with Crippen LogP contribution in [0.2, 0.25) is 0 Å². The van der Waals surface area contributed by atoms with Crippen LogP contribution in [0.1, 0.15) is 10.4 Å². The molecule has 4 rings (SSSR count). The number of methoxy groups -OCH3 is 1. The molecule has 0 spiro atoms. The molecule has 4 aromatic rings. The van der Waals surface area contributed by atoms with E-state index in [1.807, 2.05) is 24.3 Å². The maximum absolute atomic E-state index is 12.5. The maximum atomic E-state index is 12.5. The van der Waals surface area contributed by atoms with Crippen molar-refractivity contribution in [3.8, 4) is 16.9 Å². The number of para-hydroxylation sites is 1. The van der Waals surface area contributed by atoms with Crippen LogP contribution in [0.15, 0.2) is 88.1 Å². The van der Waals surface area contributed by atoms with Gasteiger partial charge in [-0.15, -0.1) is 0 Å². The highest BCUT2D eigenvalue weighted by Crippen LogP contribution is 2.31. The first-order valence-electron chi connectivity index (χ1n) is 8.73. The summed E-state index contributed by atoms with van der Waals surface area (Å²) in [6.45, 7) is 0. The molecule has 1 aromatic heterocycles. The van der Waals surface area contributed by atoms with E-state index in [0.717, 1.165) is 5.39 Å². The van der Waals surface area contributed by atoms with Gasteiger partial charge in [0.2, 0.25) is 0 Å². The molecule has 3 aromatic carbocycles. The van der Waals surface area contributed by atoms with Gasteiger partial charge in [-0.1, -0.05) is 42.5 Å². The van der Waals surface area contributed by atoms with Gasteiger partial charge in [0, 0.05) is 10.9 Å². The van der Waals surface area contributed by atoms with E-state index in [0.29, 0.717) is 33.7 Å². The van der Waals surface area contributed by atoms with Crippen molar-refractivity contribution in [1.29, 1.82) is 0 Å². The second-order valence-electron chi connectivity index (χ2n) is 6.22. The molecule has 0 saturated carbocycles. The molecule has 138 valence electrons. The average Bonchev–Trinajstić information content (AvgIpc) is 2.74. The summed E-state index contributed by atoms with van der Waals surface area (Å²) in [5.41, 5.74) is 2.13. The number of carbonyl (C=O) groups is 1. The average molecular weight is 371 g/mol. The second kappa shape index (κ2) is 7.40. The van der Waals surface area contributed by atoms with E-state index in [9.17, 15) is 9.59 Å². The van der Waals surface area contributed by atoms with Crippen molar-refractivity contribution in [1.82, 2.24) is 0 Å². The van der Waals surface area contributed by atoms with Crippen LogP contribution in [0, 0.1) is 0 Å². The van der Waals surface area contributed by atoms with Crippen molar-refractivity contribution >= 4 is 22.6 Å². The Kier molecular flexibility index (Phi) is 4.64. The summed E-state index contributed by atoms with van der Waals surface area (Å²) < 4.78 is 10.8. The molecule has 0 bridgehead atoms. The summed E-state index contributed by atoms with van der Waals surface area (Å²) in [7, 11) is 1.53. The van der Waals surface area contributed by atoms with E-state index >= 15 is 0 Å². The molecule has 1 amide bonds. The first-order chi connectivity index (χ1) is 13.7. The van der Waals surface area contributed by atoms with Crippen LogP contribution in [0.5, 0.6) is 5.75 Å². The minimum atomic E-state index is -0.441. The Morgan fingerprint density at radius 2 is 1.68 bits per heavy atom. The van der Waals surface area contributed by atoms with Crippen molar-refractivity contribution in [3.63, 3.8) is 0 Å². The molecule has 1 heterocycles. The summed E-state index contributed by atoms with van der Waals surface area (Å²) in [5, 5.41) is 3.67. The van der Waals surface area contributed by atoms with Gasteiger partial charge in [0.25, 0.3) is 5.91 Å².